The maximum absolute atomic E-state index is 5.64. The molecule has 0 amide bonds. The summed E-state index contributed by atoms with van der Waals surface area (Å²) in [6.45, 7) is 6.72. The Morgan fingerprint density at radius 2 is 2.11 bits per heavy atom. The van der Waals surface area contributed by atoms with Crippen LogP contribution in [0.3, 0.4) is 0 Å². The average molecular weight is 252 g/mol. The Hall–Kier alpha value is -1.10. The molecular weight excluding hydrogens is 228 g/mol. The Labute approximate surface area is 109 Å². The van der Waals surface area contributed by atoms with E-state index in [1.807, 2.05) is 45.0 Å². The molecule has 18 heavy (non-hydrogen) atoms. The summed E-state index contributed by atoms with van der Waals surface area (Å²) in [4.78, 5) is 0. The van der Waals surface area contributed by atoms with Crippen molar-refractivity contribution >= 4 is 0 Å². The lowest BCUT2D eigenvalue weighted by Gasteiger charge is -2.28. The number of hydrazine groups is 1. The Morgan fingerprint density at radius 3 is 2.67 bits per heavy atom. The topological polar surface area (TPSA) is 56.5 Å². The molecule has 1 rings (SSSR count). The number of nitrogens with one attached hydrogen (secondary N) is 1. The average Bonchev–Trinajstić information content (AvgIpc) is 2.37. The second-order valence-electron chi connectivity index (χ2n) is 4.89. The third-order valence-electron chi connectivity index (χ3n) is 3.02. The van der Waals surface area contributed by atoms with E-state index >= 15 is 0 Å². The Bertz CT molecular complexity index is 367. The van der Waals surface area contributed by atoms with E-state index in [4.69, 9.17) is 15.3 Å². The second kappa shape index (κ2) is 6.73. The molecule has 0 aliphatic heterocycles. The van der Waals surface area contributed by atoms with Gasteiger partial charge in [-0.15, -0.1) is 0 Å². The second-order valence-corrected chi connectivity index (χ2v) is 4.89. The van der Waals surface area contributed by atoms with Crippen molar-refractivity contribution in [3.63, 3.8) is 0 Å². The molecular formula is C14H24N2O2. The van der Waals surface area contributed by atoms with Crippen molar-refractivity contribution in [1.29, 1.82) is 0 Å². The first kappa shape index (κ1) is 15.0. The van der Waals surface area contributed by atoms with Crippen LogP contribution in [0.5, 0.6) is 5.75 Å². The highest BCUT2D eigenvalue weighted by atomic mass is 16.5. The van der Waals surface area contributed by atoms with Crippen molar-refractivity contribution in [3.05, 3.63) is 29.8 Å². The van der Waals surface area contributed by atoms with E-state index in [2.05, 4.69) is 5.43 Å². The van der Waals surface area contributed by atoms with Gasteiger partial charge in [0.25, 0.3) is 0 Å². The lowest BCUT2D eigenvalue weighted by Crippen LogP contribution is -2.35. The number of ether oxygens (including phenoxy) is 2. The van der Waals surface area contributed by atoms with Crippen LogP contribution in [0.1, 0.15) is 38.8 Å². The molecule has 0 saturated carbocycles. The first-order valence-corrected chi connectivity index (χ1v) is 6.26. The largest absolute Gasteiger partial charge is 0.494 e. The summed E-state index contributed by atoms with van der Waals surface area (Å²) in [6, 6.07) is 8.02. The molecule has 102 valence electrons. The van der Waals surface area contributed by atoms with Crippen LogP contribution in [0.25, 0.3) is 0 Å². The SMILES string of the molecule is CCOc1cccc(C(CC(C)(C)OC)NN)c1. The normalized spacial score (nSPS) is 13.4. The molecule has 0 heterocycles. The van der Waals surface area contributed by atoms with Gasteiger partial charge >= 0.3 is 0 Å². The van der Waals surface area contributed by atoms with Crippen LogP contribution in [0, 0.1) is 0 Å². The molecule has 1 aromatic rings. The van der Waals surface area contributed by atoms with Gasteiger partial charge in [-0.2, -0.15) is 0 Å². The minimum absolute atomic E-state index is 0.0420. The fourth-order valence-electron chi connectivity index (χ4n) is 1.84. The molecule has 0 aromatic heterocycles. The fraction of sp³-hybridized carbons (Fsp3) is 0.571. The molecule has 0 fully saturated rings. The van der Waals surface area contributed by atoms with E-state index in [0.717, 1.165) is 17.7 Å². The molecule has 0 spiro atoms. The van der Waals surface area contributed by atoms with Crippen molar-refractivity contribution in [3.8, 4) is 5.75 Å². The summed E-state index contributed by atoms with van der Waals surface area (Å²) in [7, 11) is 1.71. The molecule has 0 radical (unpaired) electrons. The van der Waals surface area contributed by atoms with Gasteiger partial charge < -0.3 is 9.47 Å². The van der Waals surface area contributed by atoms with E-state index in [-0.39, 0.29) is 11.6 Å². The van der Waals surface area contributed by atoms with Crippen molar-refractivity contribution in [2.24, 2.45) is 5.84 Å². The number of methoxy groups -OCH3 is 1. The van der Waals surface area contributed by atoms with Crippen LogP contribution >= 0.6 is 0 Å². The maximum Gasteiger partial charge on any atom is 0.119 e. The molecule has 4 nitrogen and oxygen atoms in total. The molecule has 4 heteroatoms. The van der Waals surface area contributed by atoms with Crippen LogP contribution < -0.4 is 16.0 Å². The van der Waals surface area contributed by atoms with Crippen LogP contribution in [-0.4, -0.2) is 19.3 Å². The van der Waals surface area contributed by atoms with E-state index < -0.39 is 0 Å². The van der Waals surface area contributed by atoms with Gasteiger partial charge in [-0.3, -0.25) is 11.3 Å². The lowest BCUT2D eigenvalue weighted by molar-refractivity contribution is 0.00679. The summed E-state index contributed by atoms with van der Waals surface area (Å²) in [6.07, 6.45) is 0.787. The van der Waals surface area contributed by atoms with Crippen LogP contribution in [0.2, 0.25) is 0 Å². The zero-order chi connectivity index (χ0) is 13.6. The number of rotatable bonds is 7. The van der Waals surface area contributed by atoms with E-state index in [9.17, 15) is 0 Å². The monoisotopic (exact) mass is 252 g/mol. The van der Waals surface area contributed by atoms with Crippen molar-refractivity contribution in [2.75, 3.05) is 13.7 Å². The standard InChI is InChI=1S/C14H24N2O2/c1-5-18-12-8-6-7-11(9-12)13(16-15)10-14(2,3)17-4/h6-9,13,16H,5,10,15H2,1-4H3. The van der Waals surface area contributed by atoms with Crippen LogP contribution in [0.4, 0.5) is 0 Å². The molecule has 3 N–H and O–H groups in total. The zero-order valence-electron chi connectivity index (χ0n) is 11.7. The number of hydrogen-bond donors (Lipinski definition) is 2. The van der Waals surface area contributed by atoms with Crippen molar-refractivity contribution in [1.82, 2.24) is 5.43 Å². The summed E-state index contributed by atoms with van der Waals surface area (Å²) in [5.74, 6) is 6.51. The van der Waals surface area contributed by atoms with Crippen LogP contribution in [-0.2, 0) is 4.74 Å². The molecule has 0 bridgehead atoms. The van der Waals surface area contributed by atoms with E-state index in [0.29, 0.717) is 6.61 Å². The number of benzene rings is 1. The first-order chi connectivity index (χ1) is 8.52. The lowest BCUT2D eigenvalue weighted by atomic mass is 9.94. The van der Waals surface area contributed by atoms with Gasteiger partial charge in [-0.05, 0) is 44.9 Å². The molecule has 1 unspecified atom stereocenters. The Kier molecular flexibility index (Phi) is 5.59. The van der Waals surface area contributed by atoms with Gasteiger partial charge in [0.2, 0.25) is 0 Å². The molecule has 1 atom stereocenters. The summed E-state index contributed by atoms with van der Waals surface area (Å²) in [5.41, 5.74) is 3.72. The highest BCUT2D eigenvalue weighted by molar-refractivity contribution is 5.30. The summed E-state index contributed by atoms with van der Waals surface area (Å²) >= 11 is 0. The fourth-order valence-corrected chi connectivity index (χ4v) is 1.84. The van der Waals surface area contributed by atoms with E-state index in [1.54, 1.807) is 7.11 Å². The van der Waals surface area contributed by atoms with Gasteiger partial charge in [0.15, 0.2) is 0 Å². The molecule has 0 aliphatic rings. The first-order valence-electron chi connectivity index (χ1n) is 6.26. The predicted octanol–water partition coefficient (Wildman–Crippen LogP) is 2.40. The zero-order valence-corrected chi connectivity index (χ0v) is 11.7. The minimum Gasteiger partial charge on any atom is -0.494 e. The molecule has 0 aliphatic carbocycles. The number of nitrogens with two attached hydrogens (primary N) is 1. The van der Waals surface area contributed by atoms with Gasteiger partial charge in [0.05, 0.1) is 12.2 Å². The quantitative estimate of drug-likeness (QED) is 0.578. The molecule has 0 saturated heterocycles. The van der Waals surface area contributed by atoms with Crippen LogP contribution in [0.15, 0.2) is 24.3 Å². The van der Waals surface area contributed by atoms with Gasteiger partial charge in [-0.1, -0.05) is 12.1 Å². The third-order valence-corrected chi connectivity index (χ3v) is 3.02. The van der Waals surface area contributed by atoms with Gasteiger partial charge in [-0.25, -0.2) is 0 Å². The predicted molar refractivity (Wildman–Crippen MR) is 73.4 cm³/mol. The third kappa shape index (κ3) is 4.29. The summed E-state index contributed by atoms with van der Waals surface area (Å²) < 4.78 is 10.9. The Morgan fingerprint density at radius 1 is 1.39 bits per heavy atom. The number of hydrogen-bond acceptors (Lipinski definition) is 4. The van der Waals surface area contributed by atoms with Crippen molar-refractivity contribution < 1.29 is 9.47 Å². The highest BCUT2D eigenvalue weighted by Crippen LogP contribution is 2.27. The minimum atomic E-state index is -0.224. The van der Waals surface area contributed by atoms with E-state index in [1.165, 1.54) is 0 Å². The van der Waals surface area contributed by atoms with Gasteiger partial charge in [0, 0.05) is 13.2 Å². The summed E-state index contributed by atoms with van der Waals surface area (Å²) in [5, 5.41) is 0. The molecule has 1 aromatic carbocycles. The highest BCUT2D eigenvalue weighted by Gasteiger charge is 2.23. The Balaban J connectivity index is 2.84. The van der Waals surface area contributed by atoms with Gasteiger partial charge in [0.1, 0.15) is 5.75 Å². The smallest absolute Gasteiger partial charge is 0.119 e. The van der Waals surface area contributed by atoms with Crippen molar-refractivity contribution in [2.45, 2.75) is 38.8 Å². The maximum atomic E-state index is 5.64.